The molecule has 0 aromatic heterocycles. The van der Waals surface area contributed by atoms with Crippen molar-refractivity contribution < 1.29 is 14.3 Å². The second-order valence-corrected chi connectivity index (χ2v) is 7.07. The molecule has 0 saturated carbocycles. The first-order chi connectivity index (χ1) is 13.6. The molecule has 4 heteroatoms. The van der Waals surface area contributed by atoms with Gasteiger partial charge in [0, 0.05) is 5.39 Å². The Labute approximate surface area is 166 Å². The minimum atomic E-state index is -0.572. The van der Waals surface area contributed by atoms with Gasteiger partial charge in [0.2, 0.25) is 0 Å². The van der Waals surface area contributed by atoms with Gasteiger partial charge in [-0.3, -0.25) is 4.79 Å². The first-order valence-electron chi connectivity index (χ1n) is 9.70. The number of rotatable bonds is 8. The number of para-hydroxylation sites is 1. The fourth-order valence-corrected chi connectivity index (χ4v) is 3.11. The monoisotopic (exact) mass is 377 g/mol. The maximum Gasteiger partial charge on any atom is 0.260 e. The minimum Gasteiger partial charge on any atom is -0.491 e. The highest BCUT2D eigenvalue weighted by Crippen LogP contribution is 2.27. The zero-order valence-corrected chi connectivity index (χ0v) is 16.6. The fraction of sp³-hybridized carbons (Fsp3) is 0.292. The zero-order chi connectivity index (χ0) is 19.9. The van der Waals surface area contributed by atoms with Crippen LogP contribution < -0.4 is 14.8 Å². The molecular formula is C24H27NO3. The number of hydrogen-bond donors (Lipinski definition) is 1. The summed E-state index contributed by atoms with van der Waals surface area (Å²) in [7, 11) is 0. The molecule has 1 N–H and O–H groups in total. The molecule has 4 nitrogen and oxygen atoms in total. The lowest BCUT2D eigenvalue weighted by Crippen LogP contribution is -2.38. The molecule has 0 aliphatic heterocycles. The number of fused-ring (bicyclic) bond motifs is 1. The summed E-state index contributed by atoms with van der Waals surface area (Å²) in [5.74, 6) is 1.76. The maximum absolute atomic E-state index is 12.4. The van der Waals surface area contributed by atoms with Crippen molar-refractivity contribution in [2.45, 2.75) is 32.8 Å². The molecule has 0 bridgehead atoms. The summed E-state index contributed by atoms with van der Waals surface area (Å²) >= 11 is 0. The Morgan fingerprint density at radius 1 is 0.893 bits per heavy atom. The summed E-state index contributed by atoms with van der Waals surface area (Å²) < 4.78 is 11.8. The number of ether oxygens (including phenoxy) is 2. The van der Waals surface area contributed by atoms with Gasteiger partial charge in [0.05, 0.1) is 6.54 Å². The summed E-state index contributed by atoms with van der Waals surface area (Å²) in [6.07, 6.45) is -0.572. The average Bonchev–Trinajstić information content (AvgIpc) is 2.71. The molecule has 1 amide bonds. The van der Waals surface area contributed by atoms with E-state index in [1.54, 1.807) is 6.92 Å². The molecule has 1 unspecified atom stereocenters. The third-order valence-electron chi connectivity index (χ3n) is 4.62. The van der Waals surface area contributed by atoms with Gasteiger partial charge in [-0.2, -0.15) is 0 Å². The molecule has 3 aromatic rings. The van der Waals surface area contributed by atoms with Gasteiger partial charge in [-0.25, -0.2) is 0 Å². The number of hydrogen-bond acceptors (Lipinski definition) is 3. The normalized spacial score (nSPS) is 12.0. The van der Waals surface area contributed by atoms with Gasteiger partial charge < -0.3 is 14.8 Å². The molecule has 0 fully saturated rings. The van der Waals surface area contributed by atoms with Gasteiger partial charge in [0.25, 0.3) is 5.91 Å². The first kappa shape index (κ1) is 19.7. The Balaban J connectivity index is 1.50. The standard InChI is InChI=1S/C24H27NO3/c1-17(2)20-11-6-7-13-23(20)28-18(3)24(26)25-15-16-27-22-14-8-10-19-9-4-5-12-21(19)22/h4-14,17-18H,15-16H2,1-3H3,(H,25,26). The van der Waals surface area contributed by atoms with Crippen LogP contribution in [0.4, 0.5) is 0 Å². The van der Waals surface area contributed by atoms with E-state index in [9.17, 15) is 4.79 Å². The van der Waals surface area contributed by atoms with Crippen LogP contribution in [0.15, 0.2) is 66.7 Å². The Hall–Kier alpha value is -3.01. The van der Waals surface area contributed by atoms with E-state index in [4.69, 9.17) is 9.47 Å². The lowest BCUT2D eigenvalue weighted by molar-refractivity contribution is -0.127. The highest BCUT2D eigenvalue weighted by molar-refractivity contribution is 5.88. The Morgan fingerprint density at radius 3 is 2.39 bits per heavy atom. The molecular weight excluding hydrogens is 350 g/mol. The molecule has 0 heterocycles. The summed E-state index contributed by atoms with van der Waals surface area (Å²) in [5.41, 5.74) is 1.10. The van der Waals surface area contributed by atoms with Crippen LogP contribution in [0.3, 0.4) is 0 Å². The second kappa shape index (κ2) is 9.27. The summed E-state index contributed by atoms with van der Waals surface area (Å²) in [6, 6.07) is 21.9. The third kappa shape index (κ3) is 4.83. The third-order valence-corrected chi connectivity index (χ3v) is 4.62. The van der Waals surface area contributed by atoms with Crippen LogP contribution in [0, 0.1) is 0 Å². The van der Waals surface area contributed by atoms with E-state index in [0.717, 1.165) is 27.8 Å². The van der Waals surface area contributed by atoms with Crippen LogP contribution in [-0.4, -0.2) is 25.2 Å². The largest absolute Gasteiger partial charge is 0.491 e. The van der Waals surface area contributed by atoms with Crippen molar-refractivity contribution in [3.8, 4) is 11.5 Å². The van der Waals surface area contributed by atoms with Gasteiger partial charge in [0.15, 0.2) is 6.10 Å². The van der Waals surface area contributed by atoms with Crippen LogP contribution in [0.5, 0.6) is 11.5 Å². The van der Waals surface area contributed by atoms with Crippen LogP contribution in [0.25, 0.3) is 10.8 Å². The zero-order valence-electron chi connectivity index (χ0n) is 16.6. The molecule has 28 heavy (non-hydrogen) atoms. The molecule has 3 aromatic carbocycles. The molecule has 0 aliphatic rings. The molecule has 0 radical (unpaired) electrons. The number of nitrogens with one attached hydrogen (secondary N) is 1. The van der Waals surface area contributed by atoms with E-state index in [1.165, 1.54) is 0 Å². The Bertz CT molecular complexity index is 931. The Kier molecular flexibility index (Phi) is 6.53. The predicted molar refractivity (Wildman–Crippen MR) is 113 cm³/mol. The van der Waals surface area contributed by atoms with E-state index in [-0.39, 0.29) is 5.91 Å². The quantitative estimate of drug-likeness (QED) is 0.567. The second-order valence-electron chi connectivity index (χ2n) is 7.07. The van der Waals surface area contributed by atoms with Crippen molar-refractivity contribution in [1.29, 1.82) is 0 Å². The average molecular weight is 377 g/mol. The van der Waals surface area contributed by atoms with Crippen LogP contribution in [0.1, 0.15) is 32.3 Å². The van der Waals surface area contributed by atoms with E-state index in [0.29, 0.717) is 19.1 Å². The molecule has 0 spiro atoms. The van der Waals surface area contributed by atoms with Crippen molar-refractivity contribution in [2.24, 2.45) is 0 Å². The number of amides is 1. The van der Waals surface area contributed by atoms with E-state index in [1.807, 2.05) is 54.6 Å². The molecule has 3 rings (SSSR count). The first-order valence-corrected chi connectivity index (χ1v) is 9.70. The molecule has 0 aliphatic carbocycles. The predicted octanol–water partition coefficient (Wildman–Crippen LogP) is 4.93. The highest BCUT2D eigenvalue weighted by Gasteiger charge is 2.16. The highest BCUT2D eigenvalue weighted by atomic mass is 16.5. The van der Waals surface area contributed by atoms with Crippen molar-refractivity contribution in [1.82, 2.24) is 5.32 Å². The smallest absolute Gasteiger partial charge is 0.260 e. The lowest BCUT2D eigenvalue weighted by Gasteiger charge is -2.18. The lowest BCUT2D eigenvalue weighted by atomic mass is 10.0. The van der Waals surface area contributed by atoms with Crippen LogP contribution >= 0.6 is 0 Å². The summed E-state index contributed by atoms with van der Waals surface area (Å²) in [5, 5.41) is 5.08. The summed E-state index contributed by atoms with van der Waals surface area (Å²) in [4.78, 5) is 12.4. The van der Waals surface area contributed by atoms with Crippen molar-refractivity contribution in [3.63, 3.8) is 0 Å². The number of benzene rings is 3. The van der Waals surface area contributed by atoms with Gasteiger partial charge in [0.1, 0.15) is 18.1 Å². The van der Waals surface area contributed by atoms with Gasteiger partial charge in [-0.1, -0.05) is 68.4 Å². The van der Waals surface area contributed by atoms with Gasteiger partial charge in [-0.15, -0.1) is 0 Å². The maximum atomic E-state index is 12.4. The minimum absolute atomic E-state index is 0.153. The van der Waals surface area contributed by atoms with Crippen molar-refractivity contribution in [2.75, 3.05) is 13.2 Å². The van der Waals surface area contributed by atoms with Crippen molar-refractivity contribution in [3.05, 3.63) is 72.3 Å². The Morgan fingerprint density at radius 2 is 1.57 bits per heavy atom. The number of carbonyl (C=O) groups excluding carboxylic acids is 1. The van der Waals surface area contributed by atoms with E-state index >= 15 is 0 Å². The van der Waals surface area contributed by atoms with Crippen LogP contribution in [0.2, 0.25) is 0 Å². The SMILES string of the molecule is CC(Oc1ccccc1C(C)C)C(=O)NCCOc1cccc2ccccc12. The van der Waals surface area contributed by atoms with E-state index < -0.39 is 6.10 Å². The number of carbonyl (C=O) groups is 1. The fourth-order valence-electron chi connectivity index (χ4n) is 3.11. The topological polar surface area (TPSA) is 47.6 Å². The van der Waals surface area contributed by atoms with Gasteiger partial charge in [-0.05, 0) is 35.9 Å². The van der Waals surface area contributed by atoms with Gasteiger partial charge >= 0.3 is 0 Å². The van der Waals surface area contributed by atoms with Crippen LogP contribution in [-0.2, 0) is 4.79 Å². The summed E-state index contributed by atoms with van der Waals surface area (Å²) in [6.45, 7) is 6.80. The van der Waals surface area contributed by atoms with Crippen molar-refractivity contribution >= 4 is 16.7 Å². The molecule has 1 atom stereocenters. The molecule has 0 saturated heterocycles. The van der Waals surface area contributed by atoms with E-state index in [2.05, 4.69) is 31.3 Å². The molecule has 146 valence electrons.